The number of anilines is 1. The lowest BCUT2D eigenvalue weighted by atomic mass is 9.80. The van der Waals surface area contributed by atoms with Gasteiger partial charge in [-0.05, 0) is 49.6 Å². The van der Waals surface area contributed by atoms with E-state index in [2.05, 4.69) is 58.0 Å². The zero-order chi connectivity index (χ0) is 25.5. The van der Waals surface area contributed by atoms with E-state index in [0.717, 1.165) is 29.2 Å². The molecule has 0 aliphatic heterocycles. The first-order valence-electron chi connectivity index (χ1n) is 12.6. The summed E-state index contributed by atoms with van der Waals surface area (Å²) in [7, 11) is 0. The highest BCUT2D eigenvalue weighted by atomic mass is 16.4. The Morgan fingerprint density at radius 1 is 1.08 bits per heavy atom. The molecule has 0 saturated heterocycles. The van der Waals surface area contributed by atoms with Gasteiger partial charge in [-0.1, -0.05) is 60.5 Å². The summed E-state index contributed by atoms with van der Waals surface area (Å²) in [5.41, 5.74) is 3.99. The Hall–Kier alpha value is -4.33. The molecule has 3 heterocycles. The third-order valence-electron chi connectivity index (χ3n) is 7.34. The maximum atomic E-state index is 11.9. The van der Waals surface area contributed by atoms with E-state index < -0.39 is 5.97 Å². The second-order valence-electron chi connectivity index (χ2n) is 9.92. The van der Waals surface area contributed by atoms with E-state index in [1.807, 2.05) is 36.5 Å². The molecular formula is C29H28N6O2. The molecule has 0 unspecified atom stereocenters. The van der Waals surface area contributed by atoms with Crippen LogP contribution >= 0.6 is 0 Å². The van der Waals surface area contributed by atoms with Crippen molar-refractivity contribution < 1.29 is 9.90 Å². The van der Waals surface area contributed by atoms with Crippen molar-refractivity contribution >= 4 is 33.7 Å². The Bertz CT molecular complexity index is 1620. The number of aryl methyl sites for hydroxylation is 1. The number of fused-ring (bicyclic) bond motifs is 2. The molecule has 1 aliphatic rings. The average molecular weight is 493 g/mol. The van der Waals surface area contributed by atoms with Crippen molar-refractivity contribution in [3.63, 3.8) is 0 Å². The van der Waals surface area contributed by atoms with Gasteiger partial charge in [0, 0.05) is 24.2 Å². The topological polar surface area (TPSA) is 106 Å². The molecule has 1 aliphatic carbocycles. The van der Waals surface area contributed by atoms with E-state index >= 15 is 0 Å². The Kier molecular flexibility index (Phi) is 5.79. The maximum absolute atomic E-state index is 11.9. The first-order valence-corrected chi connectivity index (χ1v) is 12.6. The van der Waals surface area contributed by atoms with Crippen molar-refractivity contribution in [3.8, 4) is 11.5 Å². The fourth-order valence-electron chi connectivity index (χ4n) is 4.94. The second-order valence-corrected chi connectivity index (χ2v) is 9.92. The SMILES string of the molecule is Cc1ccc(Cn2c(-c3cc4ccccc4cn3)nc3nc(C(=O)O)nc(N[C@H](C)C4CCC4)c32)cc1. The molecule has 0 spiro atoms. The molecule has 0 bridgehead atoms. The Balaban J connectivity index is 1.56. The number of imidazole rings is 1. The summed E-state index contributed by atoms with van der Waals surface area (Å²) < 4.78 is 2.05. The molecule has 2 N–H and O–H groups in total. The van der Waals surface area contributed by atoms with Gasteiger partial charge in [-0.2, -0.15) is 0 Å². The highest BCUT2D eigenvalue weighted by molar-refractivity contribution is 5.93. The predicted molar refractivity (Wildman–Crippen MR) is 144 cm³/mol. The largest absolute Gasteiger partial charge is 0.475 e. The number of hydrogen-bond donors (Lipinski definition) is 2. The molecule has 2 aromatic carbocycles. The van der Waals surface area contributed by atoms with Crippen LogP contribution in [0.15, 0.2) is 60.8 Å². The van der Waals surface area contributed by atoms with Crippen LogP contribution in [0.3, 0.4) is 0 Å². The van der Waals surface area contributed by atoms with Gasteiger partial charge in [0.15, 0.2) is 17.3 Å². The molecule has 0 amide bonds. The average Bonchev–Trinajstić information content (AvgIpc) is 3.22. The highest BCUT2D eigenvalue weighted by Gasteiger charge is 2.27. The van der Waals surface area contributed by atoms with Crippen LogP contribution in [-0.4, -0.2) is 41.6 Å². The maximum Gasteiger partial charge on any atom is 0.374 e. The van der Waals surface area contributed by atoms with Gasteiger partial charge >= 0.3 is 5.97 Å². The van der Waals surface area contributed by atoms with Gasteiger partial charge in [0.2, 0.25) is 5.82 Å². The molecular weight excluding hydrogens is 464 g/mol. The smallest absolute Gasteiger partial charge is 0.374 e. The number of nitrogens with zero attached hydrogens (tertiary/aromatic N) is 5. The number of nitrogens with one attached hydrogen (secondary N) is 1. The lowest BCUT2D eigenvalue weighted by Gasteiger charge is -2.32. The first kappa shape index (κ1) is 23.1. The lowest BCUT2D eigenvalue weighted by Crippen LogP contribution is -2.31. The molecule has 0 radical (unpaired) electrons. The number of rotatable bonds is 7. The van der Waals surface area contributed by atoms with Gasteiger partial charge in [-0.25, -0.2) is 19.7 Å². The number of hydrogen-bond acceptors (Lipinski definition) is 6. The zero-order valence-corrected chi connectivity index (χ0v) is 20.8. The van der Waals surface area contributed by atoms with E-state index in [9.17, 15) is 9.90 Å². The molecule has 8 nitrogen and oxygen atoms in total. The van der Waals surface area contributed by atoms with Crippen LogP contribution in [0.1, 0.15) is 47.9 Å². The summed E-state index contributed by atoms with van der Waals surface area (Å²) >= 11 is 0. The van der Waals surface area contributed by atoms with Crippen molar-refractivity contribution in [3.05, 3.63) is 77.7 Å². The third-order valence-corrected chi connectivity index (χ3v) is 7.34. The molecule has 37 heavy (non-hydrogen) atoms. The molecule has 1 fully saturated rings. The van der Waals surface area contributed by atoms with E-state index in [1.54, 1.807) is 0 Å². The van der Waals surface area contributed by atoms with Gasteiger partial charge < -0.3 is 15.0 Å². The second kappa shape index (κ2) is 9.28. The molecule has 186 valence electrons. The normalized spacial score (nSPS) is 14.5. The van der Waals surface area contributed by atoms with Crippen LogP contribution in [0.25, 0.3) is 33.5 Å². The molecule has 1 atom stereocenters. The van der Waals surface area contributed by atoms with Crippen molar-refractivity contribution in [1.29, 1.82) is 0 Å². The van der Waals surface area contributed by atoms with Gasteiger partial charge in [0.05, 0.1) is 0 Å². The number of benzene rings is 2. The molecule has 3 aromatic heterocycles. The van der Waals surface area contributed by atoms with Crippen LogP contribution in [0.2, 0.25) is 0 Å². The van der Waals surface area contributed by atoms with Crippen LogP contribution in [0.5, 0.6) is 0 Å². The molecule has 8 heteroatoms. The third kappa shape index (κ3) is 4.39. The molecule has 6 rings (SSSR count). The van der Waals surface area contributed by atoms with E-state index in [-0.39, 0.29) is 11.9 Å². The van der Waals surface area contributed by atoms with Crippen molar-refractivity contribution in [1.82, 2.24) is 24.5 Å². The van der Waals surface area contributed by atoms with Crippen molar-refractivity contribution in [2.45, 2.75) is 45.7 Å². The number of carboxylic acids is 1. The fraction of sp³-hybridized carbons (Fsp3) is 0.276. The number of aromatic carboxylic acids is 1. The van der Waals surface area contributed by atoms with E-state index in [1.165, 1.54) is 12.0 Å². The Morgan fingerprint density at radius 2 is 1.84 bits per heavy atom. The zero-order valence-electron chi connectivity index (χ0n) is 20.8. The number of pyridine rings is 1. The standard InChI is InChI=1S/C29H28N6O2/c1-17-10-12-19(13-11-17)16-35-24-25(31-18(2)20-8-5-9-20)32-27(29(36)37)33-26(24)34-28(35)23-14-21-6-3-4-7-22(21)15-30-23/h3-4,6-7,10-15,18,20H,5,8-9,16H2,1-2H3,(H,36,37)(H,31,32,33)/t18-/m1/s1. The molecule has 5 aromatic rings. The minimum absolute atomic E-state index is 0.151. The summed E-state index contributed by atoms with van der Waals surface area (Å²) in [4.78, 5) is 30.3. The monoisotopic (exact) mass is 492 g/mol. The Morgan fingerprint density at radius 3 is 2.54 bits per heavy atom. The summed E-state index contributed by atoms with van der Waals surface area (Å²) in [6, 6.07) is 18.6. The van der Waals surface area contributed by atoms with Crippen LogP contribution in [0.4, 0.5) is 5.82 Å². The van der Waals surface area contributed by atoms with Crippen molar-refractivity contribution in [2.75, 3.05) is 5.32 Å². The minimum atomic E-state index is -1.18. The first-order chi connectivity index (χ1) is 18.0. The van der Waals surface area contributed by atoms with Gasteiger partial charge in [0.1, 0.15) is 11.2 Å². The summed E-state index contributed by atoms with van der Waals surface area (Å²) in [6.45, 7) is 4.71. The highest BCUT2D eigenvalue weighted by Crippen LogP contribution is 2.34. The van der Waals surface area contributed by atoms with Gasteiger partial charge in [-0.3, -0.25) is 4.98 Å². The fourth-order valence-corrected chi connectivity index (χ4v) is 4.94. The number of carbonyl (C=O) groups is 1. The summed E-state index contributed by atoms with van der Waals surface area (Å²) in [5.74, 6) is 0.202. The number of carboxylic acid groups (broad SMARTS) is 1. The van der Waals surface area contributed by atoms with Crippen LogP contribution in [-0.2, 0) is 6.54 Å². The quantitative estimate of drug-likeness (QED) is 0.300. The van der Waals surface area contributed by atoms with E-state index in [4.69, 9.17) is 9.97 Å². The molecule has 1 saturated carbocycles. The van der Waals surface area contributed by atoms with Gasteiger partial charge in [0.25, 0.3) is 0 Å². The Labute approximate surface area is 214 Å². The predicted octanol–water partition coefficient (Wildman–Crippen LogP) is 5.70. The van der Waals surface area contributed by atoms with Gasteiger partial charge in [-0.15, -0.1) is 0 Å². The summed E-state index contributed by atoms with van der Waals surface area (Å²) in [6.07, 6.45) is 5.37. The van der Waals surface area contributed by atoms with Crippen molar-refractivity contribution in [2.24, 2.45) is 5.92 Å². The lowest BCUT2D eigenvalue weighted by molar-refractivity contribution is 0.0684. The summed E-state index contributed by atoms with van der Waals surface area (Å²) in [5, 5.41) is 15.3. The van der Waals surface area contributed by atoms with Crippen LogP contribution in [0, 0.1) is 12.8 Å². The minimum Gasteiger partial charge on any atom is -0.475 e. The number of aromatic nitrogens is 5. The van der Waals surface area contributed by atoms with E-state index in [0.29, 0.717) is 41.0 Å². The van der Waals surface area contributed by atoms with Crippen LogP contribution < -0.4 is 5.32 Å².